The van der Waals surface area contributed by atoms with E-state index < -0.39 is 0 Å². The molecular weight excluding hydrogens is 232 g/mol. The first-order valence-electron chi connectivity index (χ1n) is 5.71. The second-order valence-corrected chi connectivity index (χ2v) is 4.19. The van der Waals surface area contributed by atoms with Gasteiger partial charge in [-0.05, 0) is 25.1 Å². The second-order valence-electron chi connectivity index (χ2n) is 4.19. The Morgan fingerprint density at radius 2 is 2.11 bits per heavy atom. The van der Waals surface area contributed by atoms with Gasteiger partial charge in [0.15, 0.2) is 0 Å². The summed E-state index contributed by atoms with van der Waals surface area (Å²) in [5.74, 6) is 0.383. The van der Waals surface area contributed by atoms with Crippen molar-refractivity contribution in [2.75, 3.05) is 33.5 Å². The Balaban J connectivity index is 2.92. The van der Waals surface area contributed by atoms with E-state index in [0.717, 1.165) is 0 Å². The second kappa shape index (κ2) is 6.26. The summed E-state index contributed by atoms with van der Waals surface area (Å²) in [6.45, 7) is 2.41. The summed E-state index contributed by atoms with van der Waals surface area (Å²) in [5.41, 5.74) is 6.69. The summed E-state index contributed by atoms with van der Waals surface area (Å²) in [5, 5.41) is 0. The number of nitrogens with zero attached hydrogens (tertiary/aromatic N) is 1. The molecule has 0 spiro atoms. The van der Waals surface area contributed by atoms with E-state index in [4.69, 9.17) is 15.2 Å². The van der Waals surface area contributed by atoms with Crippen LogP contribution >= 0.6 is 0 Å². The number of hydrogen-bond acceptors (Lipinski definition) is 4. The van der Waals surface area contributed by atoms with Crippen molar-refractivity contribution in [3.63, 3.8) is 0 Å². The Morgan fingerprint density at radius 1 is 1.44 bits per heavy atom. The maximum atomic E-state index is 12.3. The lowest BCUT2D eigenvalue weighted by molar-refractivity contribution is 0.0597. The molecule has 0 bridgehead atoms. The predicted molar refractivity (Wildman–Crippen MR) is 70.8 cm³/mol. The molecule has 0 saturated heterocycles. The average Bonchev–Trinajstić information content (AvgIpc) is 2.37. The van der Waals surface area contributed by atoms with Gasteiger partial charge in [0.1, 0.15) is 5.75 Å². The summed E-state index contributed by atoms with van der Waals surface area (Å²) in [4.78, 5) is 13.9. The molecule has 5 nitrogen and oxygen atoms in total. The van der Waals surface area contributed by atoms with E-state index in [0.29, 0.717) is 23.5 Å². The first-order chi connectivity index (χ1) is 8.49. The van der Waals surface area contributed by atoms with E-state index in [9.17, 15) is 4.79 Å². The van der Waals surface area contributed by atoms with E-state index in [-0.39, 0.29) is 12.0 Å². The van der Waals surface area contributed by atoms with Crippen molar-refractivity contribution in [3.05, 3.63) is 23.8 Å². The minimum atomic E-state index is -0.136. The first-order valence-corrected chi connectivity index (χ1v) is 5.71. The topological polar surface area (TPSA) is 64.8 Å². The number of rotatable bonds is 5. The van der Waals surface area contributed by atoms with Gasteiger partial charge in [-0.25, -0.2) is 0 Å². The van der Waals surface area contributed by atoms with Gasteiger partial charge in [-0.2, -0.15) is 0 Å². The van der Waals surface area contributed by atoms with Crippen molar-refractivity contribution in [1.82, 2.24) is 4.90 Å². The van der Waals surface area contributed by atoms with Crippen molar-refractivity contribution in [2.24, 2.45) is 0 Å². The molecule has 1 aromatic rings. The van der Waals surface area contributed by atoms with Gasteiger partial charge in [0.25, 0.3) is 5.91 Å². The fourth-order valence-electron chi connectivity index (χ4n) is 1.64. The molecule has 0 radical (unpaired) electrons. The van der Waals surface area contributed by atoms with Crippen molar-refractivity contribution >= 4 is 11.6 Å². The molecule has 0 aromatic heterocycles. The molecule has 1 unspecified atom stereocenters. The third-order valence-corrected chi connectivity index (χ3v) is 2.73. The maximum Gasteiger partial charge on any atom is 0.257 e. The number of nitrogen functional groups attached to an aromatic ring is 1. The molecule has 1 amide bonds. The molecule has 1 rings (SSSR count). The molecule has 0 saturated carbocycles. The lowest BCUT2D eigenvalue weighted by Gasteiger charge is -2.21. The highest BCUT2D eigenvalue weighted by atomic mass is 16.5. The summed E-state index contributed by atoms with van der Waals surface area (Å²) in [6, 6.07) is 5.01. The Hall–Kier alpha value is -1.75. The standard InChI is InChI=1S/C13H20N2O3/c1-9(17-3)8-15(2)13(16)11-7-10(14)5-6-12(11)18-4/h5-7,9H,8,14H2,1-4H3. The van der Waals surface area contributed by atoms with E-state index in [1.54, 1.807) is 37.3 Å². The van der Waals surface area contributed by atoms with Gasteiger partial charge in [0.05, 0.1) is 18.8 Å². The van der Waals surface area contributed by atoms with Crippen LogP contribution in [0.1, 0.15) is 17.3 Å². The minimum absolute atomic E-state index is 0.0222. The molecule has 0 aliphatic carbocycles. The summed E-state index contributed by atoms with van der Waals surface area (Å²) < 4.78 is 10.3. The Kier molecular flexibility index (Phi) is 4.97. The summed E-state index contributed by atoms with van der Waals surface area (Å²) in [6.07, 6.45) is -0.0222. The molecular formula is C13H20N2O3. The van der Waals surface area contributed by atoms with Crippen molar-refractivity contribution in [1.29, 1.82) is 0 Å². The zero-order valence-corrected chi connectivity index (χ0v) is 11.3. The number of amides is 1. The van der Waals surface area contributed by atoms with Gasteiger partial charge in [-0.1, -0.05) is 0 Å². The van der Waals surface area contributed by atoms with Crippen LogP contribution < -0.4 is 10.5 Å². The van der Waals surface area contributed by atoms with Crippen LogP contribution in [0, 0.1) is 0 Å². The number of carbonyl (C=O) groups is 1. The first kappa shape index (κ1) is 14.3. The number of anilines is 1. The smallest absolute Gasteiger partial charge is 0.257 e. The molecule has 1 aromatic carbocycles. The summed E-state index contributed by atoms with van der Waals surface area (Å²) >= 11 is 0. The van der Waals surface area contributed by atoms with Gasteiger partial charge in [-0.3, -0.25) is 4.79 Å². The molecule has 0 fully saturated rings. The molecule has 2 N–H and O–H groups in total. The van der Waals surface area contributed by atoms with Crippen LogP contribution in [0.25, 0.3) is 0 Å². The minimum Gasteiger partial charge on any atom is -0.496 e. The Labute approximate surface area is 107 Å². The monoisotopic (exact) mass is 252 g/mol. The van der Waals surface area contributed by atoms with E-state index in [1.807, 2.05) is 6.92 Å². The molecule has 0 heterocycles. The summed E-state index contributed by atoms with van der Waals surface area (Å²) in [7, 11) is 4.87. The number of ether oxygens (including phenoxy) is 2. The zero-order valence-electron chi connectivity index (χ0n) is 11.3. The number of methoxy groups -OCH3 is 2. The molecule has 18 heavy (non-hydrogen) atoms. The van der Waals surface area contributed by atoms with Crippen LogP contribution in [-0.2, 0) is 4.74 Å². The van der Waals surface area contributed by atoms with E-state index in [1.165, 1.54) is 7.11 Å². The normalized spacial score (nSPS) is 12.0. The molecule has 0 aliphatic heterocycles. The predicted octanol–water partition coefficient (Wildman–Crippen LogP) is 1.38. The lowest BCUT2D eigenvalue weighted by atomic mass is 10.1. The maximum absolute atomic E-state index is 12.3. The largest absolute Gasteiger partial charge is 0.496 e. The van der Waals surface area contributed by atoms with Crippen molar-refractivity contribution in [2.45, 2.75) is 13.0 Å². The number of nitrogens with two attached hydrogens (primary N) is 1. The number of hydrogen-bond donors (Lipinski definition) is 1. The van der Waals surface area contributed by atoms with Crippen molar-refractivity contribution in [3.8, 4) is 5.75 Å². The van der Waals surface area contributed by atoms with Gasteiger partial charge < -0.3 is 20.1 Å². The lowest BCUT2D eigenvalue weighted by Crippen LogP contribution is -2.34. The van der Waals surface area contributed by atoms with Gasteiger partial charge in [-0.15, -0.1) is 0 Å². The van der Waals surface area contributed by atoms with Crippen LogP contribution in [0.2, 0.25) is 0 Å². The molecule has 5 heteroatoms. The SMILES string of the molecule is COc1ccc(N)cc1C(=O)N(C)CC(C)OC. The zero-order chi connectivity index (χ0) is 13.7. The highest BCUT2D eigenvalue weighted by molar-refractivity contribution is 5.97. The van der Waals surface area contributed by atoms with Crippen LogP contribution in [0.15, 0.2) is 18.2 Å². The van der Waals surface area contributed by atoms with Crippen LogP contribution in [-0.4, -0.2) is 44.7 Å². The number of benzene rings is 1. The Bertz CT molecular complexity index is 421. The van der Waals surface area contributed by atoms with Gasteiger partial charge in [0, 0.05) is 26.4 Å². The molecule has 100 valence electrons. The van der Waals surface area contributed by atoms with E-state index in [2.05, 4.69) is 0 Å². The number of likely N-dealkylation sites (N-methyl/N-ethyl adjacent to an activating group) is 1. The number of carbonyl (C=O) groups excluding carboxylic acids is 1. The van der Waals surface area contributed by atoms with Crippen LogP contribution in [0.4, 0.5) is 5.69 Å². The van der Waals surface area contributed by atoms with E-state index >= 15 is 0 Å². The van der Waals surface area contributed by atoms with Crippen LogP contribution in [0.3, 0.4) is 0 Å². The highest BCUT2D eigenvalue weighted by Crippen LogP contribution is 2.22. The fourth-order valence-corrected chi connectivity index (χ4v) is 1.64. The van der Waals surface area contributed by atoms with Crippen molar-refractivity contribution < 1.29 is 14.3 Å². The third kappa shape index (κ3) is 3.37. The highest BCUT2D eigenvalue weighted by Gasteiger charge is 2.18. The molecule has 0 aliphatic rings. The van der Waals surface area contributed by atoms with Gasteiger partial charge >= 0.3 is 0 Å². The molecule has 1 atom stereocenters. The quantitative estimate of drug-likeness (QED) is 0.804. The van der Waals surface area contributed by atoms with Crippen LogP contribution in [0.5, 0.6) is 5.75 Å². The van der Waals surface area contributed by atoms with Gasteiger partial charge in [0.2, 0.25) is 0 Å². The Morgan fingerprint density at radius 3 is 2.67 bits per heavy atom. The third-order valence-electron chi connectivity index (χ3n) is 2.73. The average molecular weight is 252 g/mol. The fraction of sp³-hybridized carbons (Fsp3) is 0.462.